The zero-order chi connectivity index (χ0) is 13.3. The molecule has 18 heavy (non-hydrogen) atoms. The van der Waals surface area contributed by atoms with Gasteiger partial charge in [0.25, 0.3) is 0 Å². The average Bonchev–Trinajstić information content (AvgIpc) is 2.62. The fourth-order valence-electron chi connectivity index (χ4n) is 2.43. The van der Waals surface area contributed by atoms with E-state index in [4.69, 9.17) is 5.11 Å². The van der Waals surface area contributed by atoms with Gasteiger partial charge in [-0.2, -0.15) is 0 Å². The minimum absolute atomic E-state index is 0.233. The van der Waals surface area contributed by atoms with E-state index in [1.165, 1.54) is 27.6 Å². The van der Waals surface area contributed by atoms with E-state index in [1.54, 1.807) is 0 Å². The van der Waals surface area contributed by atoms with Crippen LogP contribution >= 0.6 is 0 Å². The Kier molecular flexibility index (Phi) is 3.41. The van der Waals surface area contributed by atoms with E-state index < -0.39 is 5.97 Å². The van der Waals surface area contributed by atoms with E-state index in [2.05, 4.69) is 37.9 Å². The molecule has 0 aliphatic rings. The molecule has 0 aliphatic heterocycles. The molecule has 0 bridgehead atoms. The molecule has 1 aromatic heterocycles. The Hall–Kier alpha value is -1.77. The van der Waals surface area contributed by atoms with Crippen LogP contribution in [0.3, 0.4) is 0 Å². The van der Waals surface area contributed by atoms with Gasteiger partial charge in [0.2, 0.25) is 0 Å². The van der Waals surface area contributed by atoms with Crippen molar-refractivity contribution in [2.45, 2.75) is 40.0 Å². The summed E-state index contributed by atoms with van der Waals surface area (Å²) in [5, 5.41) is 9.93. The van der Waals surface area contributed by atoms with Crippen LogP contribution in [0.1, 0.15) is 35.2 Å². The zero-order valence-electron chi connectivity index (χ0n) is 11.1. The Balaban J connectivity index is 2.36. The Bertz CT molecular complexity index is 596. The van der Waals surface area contributed by atoms with Crippen LogP contribution in [0.5, 0.6) is 0 Å². The Morgan fingerprint density at radius 2 is 2.00 bits per heavy atom. The van der Waals surface area contributed by atoms with E-state index in [-0.39, 0.29) is 6.42 Å². The summed E-state index contributed by atoms with van der Waals surface area (Å²) in [7, 11) is 0. The predicted molar refractivity (Wildman–Crippen MR) is 73.1 cm³/mol. The highest BCUT2D eigenvalue weighted by atomic mass is 16.4. The number of hydrogen-bond acceptors (Lipinski definition) is 1. The van der Waals surface area contributed by atoms with Crippen LogP contribution in [0.4, 0.5) is 0 Å². The second-order valence-corrected chi connectivity index (χ2v) is 4.91. The molecule has 3 heteroatoms. The first kappa shape index (κ1) is 12.7. The molecule has 0 amide bonds. The summed E-state index contributed by atoms with van der Waals surface area (Å²) in [4.78, 5) is 14.0. The molecule has 0 radical (unpaired) electrons. The molecule has 2 rings (SSSR count). The number of benzene rings is 1. The molecule has 0 atom stereocenters. The number of aliphatic carboxylic acids is 1. The molecule has 0 unspecified atom stereocenters. The monoisotopic (exact) mass is 245 g/mol. The predicted octanol–water partition coefficient (Wildman–Crippen LogP) is 3.50. The molecule has 0 saturated carbocycles. The summed E-state index contributed by atoms with van der Waals surface area (Å²) >= 11 is 0. The van der Waals surface area contributed by atoms with Crippen LogP contribution < -0.4 is 0 Å². The van der Waals surface area contributed by atoms with Crippen molar-refractivity contribution in [2.75, 3.05) is 0 Å². The van der Waals surface area contributed by atoms with Crippen LogP contribution in [-0.4, -0.2) is 16.1 Å². The standard InChI is InChI=1S/C15H19NO2/c1-9-7-8-13-12(5-4-6-14(17)18)11(3)16-15(13)10(9)2/h7-8,16H,4-6H2,1-3H3,(H,17,18). The highest BCUT2D eigenvalue weighted by Crippen LogP contribution is 2.27. The van der Waals surface area contributed by atoms with Gasteiger partial charge in [0, 0.05) is 23.0 Å². The molecule has 0 fully saturated rings. The van der Waals surface area contributed by atoms with Crippen molar-refractivity contribution in [1.82, 2.24) is 4.98 Å². The molecule has 2 aromatic rings. The highest BCUT2D eigenvalue weighted by molar-refractivity contribution is 5.88. The molecule has 96 valence electrons. The molecule has 1 aromatic carbocycles. The lowest BCUT2D eigenvalue weighted by molar-refractivity contribution is -0.137. The SMILES string of the molecule is Cc1ccc2c(CCCC(=O)O)c(C)[nH]c2c1C. The third-order valence-electron chi connectivity index (χ3n) is 3.64. The normalized spacial score (nSPS) is 11.1. The van der Waals surface area contributed by atoms with Crippen molar-refractivity contribution < 1.29 is 9.90 Å². The van der Waals surface area contributed by atoms with Gasteiger partial charge in [-0.15, -0.1) is 0 Å². The summed E-state index contributed by atoms with van der Waals surface area (Å²) in [5.74, 6) is -0.723. The summed E-state index contributed by atoms with van der Waals surface area (Å²) in [6.07, 6.45) is 1.74. The first-order valence-corrected chi connectivity index (χ1v) is 6.30. The quantitative estimate of drug-likeness (QED) is 0.866. The fraction of sp³-hybridized carbons (Fsp3) is 0.400. The number of aromatic amines is 1. The number of aromatic nitrogens is 1. The minimum Gasteiger partial charge on any atom is -0.481 e. The molecule has 0 spiro atoms. The number of fused-ring (bicyclic) bond motifs is 1. The van der Waals surface area contributed by atoms with Crippen molar-refractivity contribution in [1.29, 1.82) is 0 Å². The maximum Gasteiger partial charge on any atom is 0.303 e. The first-order chi connectivity index (χ1) is 8.50. The van der Waals surface area contributed by atoms with E-state index >= 15 is 0 Å². The number of hydrogen-bond donors (Lipinski definition) is 2. The van der Waals surface area contributed by atoms with Crippen molar-refractivity contribution in [3.05, 3.63) is 34.5 Å². The lowest BCUT2D eigenvalue weighted by atomic mass is 10.0. The van der Waals surface area contributed by atoms with Crippen LogP contribution in [0.25, 0.3) is 10.9 Å². The molecular formula is C15H19NO2. The maximum absolute atomic E-state index is 10.6. The maximum atomic E-state index is 10.6. The summed E-state index contributed by atoms with van der Waals surface area (Å²) in [5.41, 5.74) is 6.16. The van der Waals surface area contributed by atoms with Crippen LogP contribution in [-0.2, 0) is 11.2 Å². The van der Waals surface area contributed by atoms with E-state index in [9.17, 15) is 4.79 Å². The second-order valence-electron chi connectivity index (χ2n) is 4.91. The van der Waals surface area contributed by atoms with Crippen LogP contribution in [0.15, 0.2) is 12.1 Å². The number of rotatable bonds is 4. The number of carboxylic acid groups (broad SMARTS) is 1. The number of H-pyrrole nitrogens is 1. The Morgan fingerprint density at radius 3 is 2.67 bits per heavy atom. The van der Waals surface area contributed by atoms with Gasteiger partial charge in [-0.05, 0) is 50.3 Å². The van der Waals surface area contributed by atoms with E-state index in [0.717, 1.165) is 12.1 Å². The van der Waals surface area contributed by atoms with Gasteiger partial charge in [-0.1, -0.05) is 12.1 Å². The van der Waals surface area contributed by atoms with Crippen molar-refractivity contribution in [3.8, 4) is 0 Å². The third-order valence-corrected chi connectivity index (χ3v) is 3.64. The zero-order valence-corrected chi connectivity index (χ0v) is 11.1. The largest absolute Gasteiger partial charge is 0.481 e. The molecule has 0 saturated heterocycles. The number of carboxylic acids is 1. The number of nitrogens with one attached hydrogen (secondary N) is 1. The minimum atomic E-state index is -0.723. The lowest BCUT2D eigenvalue weighted by Gasteiger charge is -2.03. The van der Waals surface area contributed by atoms with Gasteiger partial charge in [-0.3, -0.25) is 4.79 Å². The van der Waals surface area contributed by atoms with Gasteiger partial charge in [0.1, 0.15) is 0 Å². The van der Waals surface area contributed by atoms with Gasteiger partial charge in [0.15, 0.2) is 0 Å². The second kappa shape index (κ2) is 4.84. The molecule has 3 nitrogen and oxygen atoms in total. The van der Waals surface area contributed by atoms with Gasteiger partial charge >= 0.3 is 5.97 Å². The summed E-state index contributed by atoms with van der Waals surface area (Å²) in [6.45, 7) is 6.29. The molecule has 2 N–H and O–H groups in total. The first-order valence-electron chi connectivity index (χ1n) is 6.30. The Labute approximate surface area is 107 Å². The average molecular weight is 245 g/mol. The smallest absolute Gasteiger partial charge is 0.303 e. The van der Waals surface area contributed by atoms with Gasteiger partial charge < -0.3 is 10.1 Å². The fourth-order valence-corrected chi connectivity index (χ4v) is 2.43. The van der Waals surface area contributed by atoms with Crippen LogP contribution in [0.2, 0.25) is 0 Å². The van der Waals surface area contributed by atoms with E-state index in [0.29, 0.717) is 6.42 Å². The van der Waals surface area contributed by atoms with Crippen molar-refractivity contribution in [3.63, 3.8) is 0 Å². The molecular weight excluding hydrogens is 226 g/mol. The number of aryl methyl sites for hydroxylation is 4. The summed E-state index contributed by atoms with van der Waals surface area (Å²) in [6, 6.07) is 4.27. The van der Waals surface area contributed by atoms with Gasteiger partial charge in [-0.25, -0.2) is 0 Å². The third kappa shape index (κ3) is 2.26. The lowest BCUT2D eigenvalue weighted by Crippen LogP contribution is -1.96. The number of carbonyl (C=O) groups is 1. The van der Waals surface area contributed by atoms with Crippen molar-refractivity contribution >= 4 is 16.9 Å². The molecule has 1 heterocycles. The van der Waals surface area contributed by atoms with Crippen LogP contribution in [0, 0.1) is 20.8 Å². The Morgan fingerprint density at radius 1 is 1.28 bits per heavy atom. The highest BCUT2D eigenvalue weighted by Gasteiger charge is 2.11. The topological polar surface area (TPSA) is 53.1 Å². The summed E-state index contributed by atoms with van der Waals surface area (Å²) < 4.78 is 0. The van der Waals surface area contributed by atoms with Crippen molar-refractivity contribution in [2.24, 2.45) is 0 Å². The van der Waals surface area contributed by atoms with Gasteiger partial charge in [0.05, 0.1) is 0 Å². The molecule has 0 aliphatic carbocycles. The van der Waals surface area contributed by atoms with E-state index in [1.807, 2.05) is 0 Å².